The van der Waals surface area contributed by atoms with E-state index in [9.17, 15) is 4.79 Å². The highest BCUT2D eigenvalue weighted by molar-refractivity contribution is 7.17. The summed E-state index contributed by atoms with van der Waals surface area (Å²) in [6.45, 7) is 4.79. The highest BCUT2D eigenvalue weighted by Crippen LogP contribution is 2.37. The molecule has 1 aromatic carbocycles. The van der Waals surface area contributed by atoms with Crippen LogP contribution in [0.15, 0.2) is 42.6 Å². The number of hydrogen-bond acceptors (Lipinski definition) is 5. The quantitative estimate of drug-likeness (QED) is 0.535. The van der Waals surface area contributed by atoms with Crippen molar-refractivity contribution in [1.29, 1.82) is 0 Å². The lowest BCUT2D eigenvalue weighted by atomic mass is 10.1. The van der Waals surface area contributed by atoms with Crippen LogP contribution in [0.25, 0.3) is 10.4 Å². The summed E-state index contributed by atoms with van der Waals surface area (Å²) in [5.74, 6) is 1.10. The summed E-state index contributed by atoms with van der Waals surface area (Å²) in [6, 6.07) is 12.6. The third-order valence-corrected chi connectivity index (χ3v) is 7.99. The molecule has 4 heterocycles. The number of rotatable bonds is 4. The third kappa shape index (κ3) is 3.91. The van der Waals surface area contributed by atoms with Gasteiger partial charge >= 0.3 is 0 Å². The molecule has 32 heavy (non-hydrogen) atoms. The molecule has 0 saturated carbocycles. The normalized spacial score (nSPS) is 18.5. The summed E-state index contributed by atoms with van der Waals surface area (Å²) in [4.78, 5) is 26.6. The second-order valence-corrected chi connectivity index (χ2v) is 10.4. The van der Waals surface area contributed by atoms with Crippen molar-refractivity contribution in [3.05, 3.63) is 63.6 Å². The van der Waals surface area contributed by atoms with Crippen LogP contribution in [-0.4, -0.2) is 55.6 Å². The molecule has 2 aliphatic rings. The van der Waals surface area contributed by atoms with E-state index in [0.29, 0.717) is 12.6 Å². The van der Waals surface area contributed by atoms with E-state index in [4.69, 9.17) is 16.6 Å². The molecule has 0 N–H and O–H groups in total. The Hall–Kier alpha value is -2.41. The fourth-order valence-electron chi connectivity index (χ4n) is 4.64. The van der Waals surface area contributed by atoms with Crippen LogP contribution in [0.1, 0.15) is 27.2 Å². The summed E-state index contributed by atoms with van der Waals surface area (Å²) in [6.07, 6.45) is 3.86. The van der Waals surface area contributed by atoms with Gasteiger partial charge in [-0.05, 0) is 74.8 Å². The molecule has 166 valence electrons. The zero-order valence-electron chi connectivity index (χ0n) is 18.6. The van der Waals surface area contributed by atoms with Crippen molar-refractivity contribution < 1.29 is 4.79 Å². The summed E-state index contributed by atoms with van der Waals surface area (Å²) >= 11 is 7.59. The van der Waals surface area contributed by atoms with E-state index in [0.717, 1.165) is 68.9 Å². The lowest BCUT2D eigenvalue weighted by molar-refractivity contribution is 0.0985. The predicted octanol–water partition coefficient (Wildman–Crippen LogP) is 5.12. The number of aromatic nitrogens is 1. The van der Waals surface area contributed by atoms with Gasteiger partial charge in [-0.3, -0.25) is 4.79 Å². The van der Waals surface area contributed by atoms with Crippen LogP contribution in [-0.2, 0) is 6.42 Å². The first kappa shape index (κ1) is 21.4. The first-order valence-electron chi connectivity index (χ1n) is 11.0. The highest BCUT2D eigenvalue weighted by atomic mass is 35.5. The number of pyridine rings is 1. The van der Waals surface area contributed by atoms with Crippen molar-refractivity contribution in [3.8, 4) is 10.4 Å². The van der Waals surface area contributed by atoms with E-state index < -0.39 is 0 Å². The first-order valence-corrected chi connectivity index (χ1v) is 12.2. The number of carbonyl (C=O) groups is 1. The number of carbonyl (C=O) groups excluding carboxylic acids is 1. The van der Waals surface area contributed by atoms with Crippen molar-refractivity contribution in [2.45, 2.75) is 25.8 Å². The molecular weight excluding hydrogens is 440 g/mol. The van der Waals surface area contributed by atoms with Crippen LogP contribution in [0.5, 0.6) is 0 Å². The van der Waals surface area contributed by atoms with Gasteiger partial charge in [0.15, 0.2) is 0 Å². The Kier molecular flexibility index (Phi) is 5.70. The maximum absolute atomic E-state index is 13.4. The zero-order chi connectivity index (χ0) is 22.4. The maximum atomic E-state index is 13.4. The van der Waals surface area contributed by atoms with Gasteiger partial charge in [-0.2, -0.15) is 0 Å². The van der Waals surface area contributed by atoms with Gasteiger partial charge in [0, 0.05) is 35.6 Å². The van der Waals surface area contributed by atoms with Gasteiger partial charge in [-0.25, -0.2) is 4.98 Å². The Balaban J connectivity index is 1.37. The average molecular weight is 467 g/mol. The minimum Gasteiger partial charge on any atom is -0.355 e. The van der Waals surface area contributed by atoms with E-state index >= 15 is 0 Å². The number of amides is 1. The average Bonchev–Trinajstić information content (AvgIpc) is 3.42. The number of halogens is 1. The van der Waals surface area contributed by atoms with Gasteiger partial charge in [-0.1, -0.05) is 23.7 Å². The van der Waals surface area contributed by atoms with Crippen molar-refractivity contribution in [2.24, 2.45) is 0 Å². The molecule has 2 aromatic heterocycles. The molecular formula is C25H27ClN4OS. The number of benzene rings is 1. The number of thiophene rings is 1. The van der Waals surface area contributed by atoms with Crippen molar-refractivity contribution in [3.63, 3.8) is 0 Å². The molecule has 0 radical (unpaired) electrons. The molecule has 0 aliphatic carbocycles. The second-order valence-electron chi connectivity index (χ2n) is 8.86. The predicted molar refractivity (Wildman–Crippen MR) is 133 cm³/mol. The summed E-state index contributed by atoms with van der Waals surface area (Å²) in [7, 11) is 4.27. The van der Waals surface area contributed by atoms with Crippen LogP contribution in [0.3, 0.4) is 0 Å². The van der Waals surface area contributed by atoms with E-state index in [-0.39, 0.29) is 5.91 Å². The fourth-order valence-corrected chi connectivity index (χ4v) is 5.93. The molecule has 0 unspecified atom stereocenters. The molecule has 1 amide bonds. The monoisotopic (exact) mass is 466 g/mol. The molecule has 2 aliphatic heterocycles. The maximum Gasteiger partial charge on any atom is 0.268 e. The number of hydrogen-bond donors (Lipinski definition) is 0. The van der Waals surface area contributed by atoms with Gasteiger partial charge in [-0.15, -0.1) is 11.3 Å². The van der Waals surface area contributed by atoms with Gasteiger partial charge in [0.25, 0.3) is 5.91 Å². The Morgan fingerprint density at radius 1 is 1.16 bits per heavy atom. The Labute approximate surface area is 198 Å². The van der Waals surface area contributed by atoms with E-state index in [2.05, 4.69) is 43.0 Å². The highest BCUT2D eigenvalue weighted by Gasteiger charge is 2.30. The fraction of sp³-hybridized carbons (Fsp3) is 0.360. The van der Waals surface area contributed by atoms with E-state index in [1.54, 1.807) is 11.3 Å². The van der Waals surface area contributed by atoms with E-state index in [1.165, 1.54) is 0 Å². The second kappa shape index (κ2) is 8.50. The number of fused-ring (bicyclic) bond motifs is 1. The van der Waals surface area contributed by atoms with Crippen molar-refractivity contribution in [2.75, 3.05) is 43.5 Å². The minimum atomic E-state index is 0.0688. The van der Waals surface area contributed by atoms with Crippen LogP contribution >= 0.6 is 22.9 Å². The smallest absolute Gasteiger partial charge is 0.268 e. The molecule has 1 saturated heterocycles. The Morgan fingerprint density at radius 3 is 2.62 bits per heavy atom. The summed E-state index contributed by atoms with van der Waals surface area (Å²) in [5.41, 5.74) is 4.23. The van der Waals surface area contributed by atoms with Crippen LogP contribution in [0, 0.1) is 6.92 Å². The SMILES string of the molecule is Cc1cc(N2CCc3cc(-c4ccc(Cl)cc4)sc3C2=O)cnc1N1CC[C@@H](N(C)C)C1. The van der Waals surface area contributed by atoms with Crippen molar-refractivity contribution >= 4 is 40.4 Å². The van der Waals surface area contributed by atoms with Crippen LogP contribution in [0.2, 0.25) is 5.02 Å². The molecule has 0 spiro atoms. The lowest BCUT2D eigenvalue weighted by Crippen LogP contribution is -2.37. The zero-order valence-corrected chi connectivity index (χ0v) is 20.2. The van der Waals surface area contributed by atoms with Gasteiger partial charge in [0.1, 0.15) is 5.82 Å². The summed E-state index contributed by atoms with van der Waals surface area (Å²) < 4.78 is 0. The molecule has 3 aromatic rings. The Bertz CT molecular complexity index is 1160. The van der Waals surface area contributed by atoms with Crippen molar-refractivity contribution in [1.82, 2.24) is 9.88 Å². The molecule has 5 rings (SSSR count). The number of nitrogens with zero attached hydrogens (tertiary/aromatic N) is 4. The van der Waals surface area contributed by atoms with Crippen LogP contribution in [0.4, 0.5) is 11.5 Å². The first-order chi connectivity index (χ1) is 15.4. The third-order valence-electron chi connectivity index (χ3n) is 6.52. The van der Waals surface area contributed by atoms with E-state index in [1.807, 2.05) is 35.4 Å². The van der Waals surface area contributed by atoms with Gasteiger partial charge in [0.05, 0.1) is 16.8 Å². The standard InChI is InChI=1S/C25H27ClN4OS/c1-16-12-21(14-27-24(16)29-10-9-20(15-29)28(2)3)30-11-8-18-13-22(32-23(18)25(30)31)17-4-6-19(26)7-5-17/h4-7,12-14,20H,8-11,15H2,1-3H3/t20-/m1/s1. The Morgan fingerprint density at radius 2 is 1.94 bits per heavy atom. The molecule has 5 nitrogen and oxygen atoms in total. The molecule has 7 heteroatoms. The number of anilines is 2. The van der Waals surface area contributed by atoms with Gasteiger partial charge < -0.3 is 14.7 Å². The lowest BCUT2D eigenvalue weighted by Gasteiger charge is -2.28. The topological polar surface area (TPSA) is 39.7 Å². The summed E-state index contributed by atoms with van der Waals surface area (Å²) in [5, 5.41) is 0.717. The molecule has 1 fully saturated rings. The molecule has 0 bridgehead atoms. The largest absolute Gasteiger partial charge is 0.355 e. The molecule has 1 atom stereocenters. The number of likely N-dealkylation sites (N-methyl/N-ethyl adjacent to an activating group) is 1. The number of aryl methyl sites for hydroxylation is 1. The van der Waals surface area contributed by atoms with Crippen LogP contribution < -0.4 is 9.80 Å². The van der Waals surface area contributed by atoms with Gasteiger partial charge in [0.2, 0.25) is 0 Å². The minimum absolute atomic E-state index is 0.0688.